The first kappa shape index (κ1) is 7.59. The van der Waals surface area contributed by atoms with Gasteiger partial charge < -0.3 is 11.5 Å². The van der Waals surface area contributed by atoms with Gasteiger partial charge in [0.05, 0.1) is 14.9 Å². The van der Waals surface area contributed by atoms with Crippen LogP contribution in [0.25, 0.3) is 0 Å². The maximum absolute atomic E-state index is 12.8. The molecule has 4 heteroatoms. The Balaban J connectivity index is 3.34. The van der Waals surface area contributed by atoms with Crippen LogP contribution in [0.1, 0.15) is 0 Å². The van der Waals surface area contributed by atoms with Gasteiger partial charge in [-0.1, -0.05) is 0 Å². The van der Waals surface area contributed by atoms with E-state index < -0.39 is 5.82 Å². The molecule has 0 saturated heterocycles. The van der Waals surface area contributed by atoms with E-state index in [0.717, 1.165) is 0 Å². The molecular formula is C6H6FIN2. The second kappa shape index (κ2) is 2.61. The van der Waals surface area contributed by atoms with Crippen LogP contribution in [0.3, 0.4) is 0 Å². The number of rotatable bonds is 0. The average Bonchev–Trinajstić information content (AvgIpc) is 1.93. The lowest BCUT2D eigenvalue weighted by atomic mass is 10.3. The standard InChI is InChI=1S/C6H6FIN2/c7-5-3(8)1-2-4(9)6(5)10/h1-2H,9-10H2. The molecule has 54 valence electrons. The zero-order chi connectivity index (χ0) is 7.72. The molecule has 0 aromatic heterocycles. The van der Waals surface area contributed by atoms with E-state index >= 15 is 0 Å². The molecule has 1 aromatic carbocycles. The predicted molar refractivity (Wildman–Crippen MR) is 47.9 cm³/mol. The second-order valence-electron chi connectivity index (χ2n) is 1.86. The van der Waals surface area contributed by atoms with Crippen molar-refractivity contribution < 1.29 is 4.39 Å². The van der Waals surface area contributed by atoms with Crippen LogP contribution in [0.5, 0.6) is 0 Å². The molecule has 0 unspecified atom stereocenters. The molecule has 0 bridgehead atoms. The van der Waals surface area contributed by atoms with Crippen LogP contribution in [-0.2, 0) is 0 Å². The van der Waals surface area contributed by atoms with Crippen molar-refractivity contribution in [1.82, 2.24) is 0 Å². The quantitative estimate of drug-likeness (QED) is 0.544. The maximum Gasteiger partial charge on any atom is 0.161 e. The fraction of sp³-hybridized carbons (Fsp3) is 0. The monoisotopic (exact) mass is 252 g/mol. The van der Waals surface area contributed by atoms with E-state index in [1.54, 1.807) is 12.1 Å². The minimum Gasteiger partial charge on any atom is -0.397 e. The molecule has 0 aliphatic heterocycles. The summed E-state index contributed by atoms with van der Waals surface area (Å²) in [6, 6.07) is 3.17. The molecule has 0 spiro atoms. The molecule has 0 saturated carbocycles. The Labute approximate surface area is 71.5 Å². The molecule has 2 nitrogen and oxygen atoms in total. The van der Waals surface area contributed by atoms with Crippen molar-refractivity contribution in [2.75, 3.05) is 11.5 Å². The number of anilines is 2. The molecule has 0 radical (unpaired) electrons. The van der Waals surface area contributed by atoms with Gasteiger partial charge in [-0.3, -0.25) is 0 Å². The number of benzene rings is 1. The van der Waals surface area contributed by atoms with Crippen LogP contribution in [0, 0.1) is 9.39 Å². The minimum atomic E-state index is -0.430. The first-order valence-electron chi connectivity index (χ1n) is 2.62. The predicted octanol–water partition coefficient (Wildman–Crippen LogP) is 1.59. The van der Waals surface area contributed by atoms with Gasteiger partial charge in [-0.15, -0.1) is 0 Å². The highest BCUT2D eigenvalue weighted by Crippen LogP contribution is 2.22. The largest absolute Gasteiger partial charge is 0.397 e. The average molecular weight is 252 g/mol. The summed E-state index contributed by atoms with van der Waals surface area (Å²) in [6.45, 7) is 0. The Morgan fingerprint density at radius 3 is 2.40 bits per heavy atom. The van der Waals surface area contributed by atoms with Gasteiger partial charge >= 0.3 is 0 Å². The molecule has 0 heterocycles. The Morgan fingerprint density at radius 2 is 1.90 bits per heavy atom. The third kappa shape index (κ3) is 1.16. The Bertz CT molecular complexity index is 235. The maximum atomic E-state index is 12.8. The number of hydrogen-bond acceptors (Lipinski definition) is 2. The number of halogens is 2. The van der Waals surface area contributed by atoms with E-state index in [4.69, 9.17) is 11.5 Å². The van der Waals surface area contributed by atoms with Crippen LogP contribution in [0.15, 0.2) is 12.1 Å². The van der Waals surface area contributed by atoms with Crippen LogP contribution in [0.2, 0.25) is 0 Å². The van der Waals surface area contributed by atoms with Crippen molar-refractivity contribution >= 4 is 34.0 Å². The summed E-state index contributed by atoms with van der Waals surface area (Å²) < 4.78 is 13.3. The molecule has 0 amide bonds. The fourth-order valence-electron chi connectivity index (χ4n) is 0.581. The van der Waals surface area contributed by atoms with Gasteiger partial charge in [-0.25, -0.2) is 4.39 Å². The SMILES string of the molecule is Nc1ccc(I)c(F)c1N. The van der Waals surface area contributed by atoms with Gasteiger partial charge in [0, 0.05) is 0 Å². The van der Waals surface area contributed by atoms with E-state index in [9.17, 15) is 4.39 Å². The second-order valence-corrected chi connectivity index (χ2v) is 3.03. The van der Waals surface area contributed by atoms with Crippen molar-refractivity contribution in [2.24, 2.45) is 0 Å². The first-order chi connectivity index (χ1) is 4.63. The Kier molecular flexibility index (Phi) is 1.98. The van der Waals surface area contributed by atoms with E-state index in [0.29, 0.717) is 3.57 Å². The third-order valence-electron chi connectivity index (χ3n) is 1.17. The van der Waals surface area contributed by atoms with Gasteiger partial charge in [-0.05, 0) is 34.7 Å². The Morgan fingerprint density at radius 1 is 1.30 bits per heavy atom. The van der Waals surface area contributed by atoms with Gasteiger partial charge in [0.1, 0.15) is 0 Å². The molecule has 0 aliphatic carbocycles. The topological polar surface area (TPSA) is 52.0 Å². The van der Waals surface area contributed by atoms with Gasteiger partial charge in [0.15, 0.2) is 5.82 Å². The normalized spacial score (nSPS) is 9.80. The van der Waals surface area contributed by atoms with Crippen LogP contribution in [0.4, 0.5) is 15.8 Å². The van der Waals surface area contributed by atoms with Crippen molar-refractivity contribution in [3.8, 4) is 0 Å². The molecule has 1 rings (SSSR count). The minimum absolute atomic E-state index is 0.0342. The lowest BCUT2D eigenvalue weighted by molar-refractivity contribution is 0.626. The first-order valence-corrected chi connectivity index (χ1v) is 3.69. The van der Waals surface area contributed by atoms with Gasteiger partial charge in [0.25, 0.3) is 0 Å². The van der Waals surface area contributed by atoms with Crippen molar-refractivity contribution in [2.45, 2.75) is 0 Å². The smallest absolute Gasteiger partial charge is 0.161 e. The lowest BCUT2D eigenvalue weighted by Gasteiger charge is -2.01. The zero-order valence-electron chi connectivity index (χ0n) is 5.07. The summed E-state index contributed by atoms with van der Waals surface area (Å²) >= 11 is 1.86. The van der Waals surface area contributed by atoms with Crippen molar-refractivity contribution in [3.05, 3.63) is 21.5 Å². The summed E-state index contributed by atoms with van der Waals surface area (Å²) in [4.78, 5) is 0. The zero-order valence-corrected chi connectivity index (χ0v) is 7.22. The molecule has 10 heavy (non-hydrogen) atoms. The summed E-state index contributed by atoms with van der Waals surface area (Å²) in [5, 5.41) is 0. The van der Waals surface area contributed by atoms with E-state index in [-0.39, 0.29) is 11.4 Å². The fourth-order valence-corrected chi connectivity index (χ4v) is 1.05. The highest BCUT2D eigenvalue weighted by molar-refractivity contribution is 14.1. The molecule has 1 aromatic rings. The molecule has 0 fully saturated rings. The van der Waals surface area contributed by atoms with Crippen molar-refractivity contribution in [1.29, 1.82) is 0 Å². The lowest BCUT2D eigenvalue weighted by Crippen LogP contribution is -1.99. The van der Waals surface area contributed by atoms with Crippen LogP contribution >= 0.6 is 22.6 Å². The molecule has 4 N–H and O–H groups in total. The molecular weight excluding hydrogens is 246 g/mol. The third-order valence-corrected chi connectivity index (χ3v) is 2.00. The summed E-state index contributed by atoms with van der Waals surface area (Å²) in [5.41, 5.74) is 10.9. The number of hydrogen-bond donors (Lipinski definition) is 2. The Hall–Kier alpha value is -0.520. The highest BCUT2D eigenvalue weighted by atomic mass is 127. The summed E-state index contributed by atoms with van der Waals surface area (Å²) in [6.07, 6.45) is 0. The van der Waals surface area contributed by atoms with Gasteiger partial charge in [-0.2, -0.15) is 0 Å². The van der Waals surface area contributed by atoms with E-state index in [2.05, 4.69) is 0 Å². The number of nitrogens with two attached hydrogens (primary N) is 2. The van der Waals surface area contributed by atoms with E-state index in [1.165, 1.54) is 0 Å². The van der Waals surface area contributed by atoms with E-state index in [1.807, 2.05) is 22.6 Å². The van der Waals surface area contributed by atoms with Crippen molar-refractivity contribution in [3.63, 3.8) is 0 Å². The molecule has 0 aliphatic rings. The number of nitrogen functional groups attached to an aromatic ring is 2. The summed E-state index contributed by atoms with van der Waals surface area (Å²) in [5.74, 6) is -0.430. The summed E-state index contributed by atoms with van der Waals surface area (Å²) in [7, 11) is 0. The highest BCUT2D eigenvalue weighted by Gasteiger charge is 2.04. The van der Waals surface area contributed by atoms with Crippen LogP contribution < -0.4 is 11.5 Å². The van der Waals surface area contributed by atoms with Gasteiger partial charge in [0.2, 0.25) is 0 Å². The van der Waals surface area contributed by atoms with Crippen LogP contribution in [-0.4, -0.2) is 0 Å². The molecule has 0 atom stereocenters.